The second-order valence-electron chi connectivity index (χ2n) is 4.73. The Hall–Kier alpha value is -0.550. The number of hydrogen-bond donors (Lipinski definition) is 1. The molecule has 2 rings (SSSR count). The van der Waals surface area contributed by atoms with Crippen molar-refractivity contribution in [1.29, 1.82) is 0 Å². The first kappa shape index (κ1) is 12.9. The summed E-state index contributed by atoms with van der Waals surface area (Å²) >= 11 is 2.02. The van der Waals surface area contributed by atoms with Crippen molar-refractivity contribution in [2.45, 2.75) is 56.9 Å². The standard InChI is InChI=1S/C12H22N4S/c1-2-7-16-12(8-14-15-16)11(13)9-17-10-5-3-4-6-10/h8,10-11H,2-7,9,13H2,1H3. The van der Waals surface area contributed by atoms with Crippen molar-refractivity contribution in [1.82, 2.24) is 15.0 Å². The Balaban J connectivity index is 1.85. The predicted molar refractivity (Wildman–Crippen MR) is 72.0 cm³/mol. The van der Waals surface area contributed by atoms with E-state index in [1.54, 1.807) is 0 Å². The minimum Gasteiger partial charge on any atom is -0.322 e. The maximum atomic E-state index is 6.23. The molecule has 0 radical (unpaired) electrons. The van der Waals surface area contributed by atoms with Gasteiger partial charge in [0.1, 0.15) is 0 Å². The van der Waals surface area contributed by atoms with Crippen LogP contribution in [0.1, 0.15) is 50.8 Å². The Morgan fingerprint density at radius 1 is 1.53 bits per heavy atom. The van der Waals surface area contributed by atoms with Crippen LogP contribution in [0.5, 0.6) is 0 Å². The van der Waals surface area contributed by atoms with Crippen molar-refractivity contribution in [3.8, 4) is 0 Å². The lowest BCUT2D eigenvalue weighted by molar-refractivity contribution is 0.539. The molecule has 1 atom stereocenters. The van der Waals surface area contributed by atoms with E-state index in [-0.39, 0.29) is 6.04 Å². The molecule has 0 saturated heterocycles. The van der Waals surface area contributed by atoms with E-state index in [1.807, 2.05) is 22.6 Å². The first-order valence-electron chi connectivity index (χ1n) is 6.56. The van der Waals surface area contributed by atoms with Gasteiger partial charge >= 0.3 is 0 Å². The van der Waals surface area contributed by atoms with Gasteiger partial charge in [-0.25, -0.2) is 4.68 Å². The third-order valence-electron chi connectivity index (χ3n) is 3.28. The van der Waals surface area contributed by atoms with Crippen LogP contribution in [-0.4, -0.2) is 26.0 Å². The van der Waals surface area contributed by atoms with E-state index in [1.165, 1.54) is 25.7 Å². The van der Waals surface area contributed by atoms with E-state index in [0.717, 1.165) is 29.7 Å². The molecule has 4 nitrogen and oxygen atoms in total. The van der Waals surface area contributed by atoms with Gasteiger partial charge in [-0.3, -0.25) is 0 Å². The van der Waals surface area contributed by atoms with Crippen molar-refractivity contribution in [2.24, 2.45) is 5.73 Å². The molecule has 0 spiro atoms. The lowest BCUT2D eigenvalue weighted by Gasteiger charge is -2.15. The zero-order chi connectivity index (χ0) is 12.1. The fraction of sp³-hybridized carbons (Fsp3) is 0.833. The average Bonchev–Trinajstić information content (AvgIpc) is 2.97. The molecular weight excluding hydrogens is 232 g/mol. The number of thioether (sulfide) groups is 1. The number of aromatic nitrogens is 3. The number of rotatable bonds is 6. The molecule has 0 aromatic carbocycles. The summed E-state index contributed by atoms with van der Waals surface area (Å²) in [5.74, 6) is 0.988. The molecule has 5 heteroatoms. The molecule has 0 aliphatic heterocycles. The smallest absolute Gasteiger partial charge is 0.0762 e. The van der Waals surface area contributed by atoms with Gasteiger partial charge in [0.05, 0.1) is 17.9 Å². The Morgan fingerprint density at radius 3 is 3.00 bits per heavy atom. The van der Waals surface area contributed by atoms with Gasteiger partial charge in [-0.05, 0) is 19.3 Å². The fourth-order valence-electron chi connectivity index (χ4n) is 2.32. The van der Waals surface area contributed by atoms with Gasteiger partial charge in [-0.1, -0.05) is 25.0 Å². The molecule has 1 saturated carbocycles. The predicted octanol–water partition coefficient (Wildman–Crippen LogP) is 2.36. The van der Waals surface area contributed by atoms with Crippen molar-refractivity contribution in [3.05, 3.63) is 11.9 Å². The van der Waals surface area contributed by atoms with Crippen LogP contribution < -0.4 is 5.73 Å². The lowest BCUT2D eigenvalue weighted by atomic mass is 10.2. The summed E-state index contributed by atoms with van der Waals surface area (Å²) in [5.41, 5.74) is 7.31. The van der Waals surface area contributed by atoms with Gasteiger partial charge in [-0.2, -0.15) is 11.8 Å². The van der Waals surface area contributed by atoms with Gasteiger partial charge in [0.15, 0.2) is 0 Å². The van der Waals surface area contributed by atoms with E-state index in [9.17, 15) is 0 Å². The number of hydrogen-bond acceptors (Lipinski definition) is 4. The summed E-state index contributed by atoms with van der Waals surface area (Å²) in [6.07, 6.45) is 8.40. The van der Waals surface area contributed by atoms with Crippen molar-refractivity contribution in [3.63, 3.8) is 0 Å². The molecule has 17 heavy (non-hydrogen) atoms. The van der Waals surface area contributed by atoms with Crippen molar-refractivity contribution < 1.29 is 0 Å². The highest BCUT2D eigenvalue weighted by Gasteiger charge is 2.18. The van der Waals surface area contributed by atoms with E-state index in [4.69, 9.17) is 5.73 Å². The Bertz CT molecular complexity index is 333. The summed E-state index contributed by atoms with van der Waals surface area (Å²) in [4.78, 5) is 0. The highest BCUT2D eigenvalue weighted by Crippen LogP contribution is 2.31. The summed E-state index contributed by atoms with van der Waals surface area (Å²) in [6.45, 7) is 3.06. The molecule has 0 bridgehead atoms. The quantitative estimate of drug-likeness (QED) is 0.846. The fourth-order valence-corrected chi connectivity index (χ4v) is 3.64. The summed E-state index contributed by atoms with van der Waals surface area (Å²) in [5, 5.41) is 8.88. The molecule has 0 amide bonds. The minimum atomic E-state index is 0.0714. The normalized spacial score (nSPS) is 18.7. The molecule has 1 aliphatic rings. The van der Waals surface area contributed by atoms with Crippen LogP contribution in [0.2, 0.25) is 0 Å². The number of nitrogens with two attached hydrogens (primary N) is 1. The van der Waals surface area contributed by atoms with Crippen LogP contribution in [0.15, 0.2) is 6.20 Å². The van der Waals surface area contributed by atoms with Crippen LogP contribution in [0, 0.1) is 0 Å². The first-order chi connectivity index (χ1) is 8.31. The molecule has 1 aromatic rings. The average molecular weight is 254 g/mol. The second-order valence-corrected chi connectivity index (χ2v) is 6.06. The molecule has 1 aliphatic carbocycles. The molecule has 2 N–H and O–H groups in total. The van der Waals surface area contributed by atoms with Gasteiger partial charge in [0.25, 0.3) is 0 Å². The van der Waals surface area contributed by atoms with Gasteiger partial charge in [-0.15, -0.1) is 5.10 Å². The molecule has 1 fully saturated rings. The maximum absolute atomic E-state index is 6.23. The van der Waals surface area contributed by atoms with Crippen LogP contribution in [-0.2, 0) is 6.54 Å². The third-order valence-corrected chi connectivity index (χ3v) is 4.77. The van der Waals surface area contributed by atoms with Crippen molar-refractivity contribution in [2.75, 3.05) is 5.75 Å². The maximum Gasteiger partial charge on any atom is 0.0762 e. The van der Waals surface area contributed by atoms with Gasteiger partial charge in [0, 0.05) is 17.5 Å². The zero-order valence-electron chi connectivity index (χ0n) is 10.5. The summed E-state index contributed by atoms with van der Waals surface area (Å²) < 4.78 is 1.94. The Labute approximate surface area is 107 Å². The van der Waals surface area contributed by atoms with E-state index in [2.05, 4.69) is 17.2 Å². The van der Waals surface area contributed by atoms with Crippen molar-refractivity contribution >= 4 is 11.8 Å². The first-order valence-corrected chi connectivity index (χ1v) is 7.61. The Kier molecular flexibility index (Phi) is 4.86. The molecule has 1 aromatic heterocycles. The van der Waals surface area contributed by atoms with Crippen LogP contribution in [0.3, 0.4) is 0 Å². The summed E-state index contributed by atoms with van der Waals surface area (Å²) in [6, 6.07) is 0.0714. The zero-order valence-corrected chi connectivity index (χ0v) is 11.3. The SMILES string of the molecule is CCCn1nncc1C(N)CSC1CCCC1. The minimum absolute atomic E-state index is 0.0714. The molecule has 1 heterocycles. The highest BCUT2D eigenvalue weighted by atomic mass is 32.2. The lowest BCUT2D eigenvalue weighted by Crippen LogP contribution is -2.19. The van der Waals surface area contributed by atoms with E-state index >= 15 is 0 Å². The number of nitrogens with zero attached hydrogens (tertiary/aromatic N) is 3. The highest BCUT2D eigenvalue weighted by molar-refractivity contribution is 7.99. The molecule has 1 unspecified atom stereocenters. The second kappa shape index (κ2) is 6.40. The largest absolute Gasteiger partial charge is 0.322 e. The Morgan fingerprint density at radius 2 is 2.29 bits per heavy atom. The van der Waals surface area contributed by atoms with Crippen LogP contribution >= 0.6 is 11.8 Å². The van der Waals surface area contributed by atoms with Crippen LogP contribution in [0.25, 0.3) is 0 Å². The van der Waals surface area contributed by atoms with Crippen LogP contribution in [0.4, 0.5) is 0 Å². The topological polar surface area (TPSA) is 56.7 Å². The molecular formula is C12H22N4S. The summed E-state index contributed by atoms with van der Waals surface area (Å²) in [7, 11) is 0. The van der Waals surface area contributed by atoms with E-state index < -0.39 is 0 Å². The number of aryl methyl sites for hydroxylation is 1. The van der Waals surface area contributed by atoms with E-state index in [0.29, 0.717) is 0 Å². The van der Waals surface area contributed by atoms with Gasteiger partial charge in [0.2, 0.25) is 0 Å². The molecule has 96 valence electrons. The third kappa shape index (κ3) is 3.45. The van der Waals surface area contributed by atoms with Gasteiger partial charge < -0.3 is 5.73 Å². The monoisotopic (exact) mass is 254 g/mol.